The molecule has 0 radical (unpaired) electrons. The molecule has 0 spiro atoms. The van der Waals surface area contributed by atoms with Gasteiger partial charge in [0.1, 0.15) is 0 Å². The quantitative estimate of drug-likeness (QED) is 0.600. The van der Waals surface area contributed by atoms with Crippen LogP contribution in [0.1, 0.15) is 42.7 Å². The Morgan fingerprint density at radius 1 is 0.913 bits per heavy atom. The van der Waals surface area contributed by atoms with Crippen LogP contribution < -0.4 is 0 Å². The van der Waals surface area contributed by atoms with Crippen molar-refractivity contribution >= 4 is 4.08 Å². The summed E-state index contributed by atoms with van der Waals surface area (Å²) in [4.78, 5) is 0. The van der Waals surface area contributed by atoms with Crippen LogP contribution in [0.3, 0.4) is 0 Å². The molecule has 0 saturated heterocycles. The Labute approximate surface area is 149 Å². The minimum absolute atomic E-state index is 0.267. The number of benzene rings is 2. The van der Waals surface area contributed by atoms with Crippen LogP contribution in [0.2, 0.25) is 0 Å². The fourth-order valence-corrected chi connectivity index (χ4v) is 3.76. The average Bonchev–Trinajstić information content (AvgIpc) is 2.62. The minimum atomic E-state index is 0.267. The zero-order valence-electron chi connectivity index (χ0n) is 13.1. The van der Waals surface area contributed by atoms with Gasteiger partial charge < -0.3 is 0 Å². The fourth-order valence-electron chi connectivity index (χ4n) is 3.13. The van der Waals surface area contributed by atoms with Crippen LogP contribution in [0.5, 0.6) is 0 Å². The second-order valence-corrected chi connectivity index (χ2v) is 7.19. The number of hydrogen-bond donors (Lipinski definition) is 0. The van der Waals surface area contributed by atoms with Gasteiger partial charge in [-0.3, -0.25) is 0 Å². The van der Waals surface area contributed by atoms with Gasteiger partial charge >= 0.3 is 150 Å². The summed E-state index contributed by atoms with van der Waals surface area (Å²) < 4.78 is 7.16. The molecule has 2 aromatic carbocycles. The second-order valence-electron chi connectivity index (χ2n) is 5.86. The van der Waals surface area contributed by atoms with Crippen LogP contribution in [0, 0.1) is 11.8 Å². The summed E-state index contributed by atoms with van der Waals surface area (Å²) in [6.07, 6.45) is 5.15. The molecular formula is C21H20OW. The van der Waals surface area contributed by atoms with Crippen molar-refractivity contribution in [3.63, 3.8) is 0 Å². The molecule has 0 bridgehead atoms. The van der Waals surface area contributed by atoms with Gasteiger partial charge in [-0.1, -0.05) is 0 Å². The topological polar surface area (TPSA) is 9.23 Å². The first kappa shape index (κ1) is 16.4. The van der Waals surface area contributed by atoms with E-state index in [1.54, 1.807) is 0 Å². The summed E-state index contributed by atoms with van der Waals surface area (Å²) in [7, 11) is 0. The van der Waals surface area contributed by atoms with Gasteiger partial charge in [0.25, 0.3) is 0 Å². The van der Waals surface area contributed by atoms with Gasteiger partial charge in [0.2, 0.25) is 0 Å². The third-order valence-electron chi connectivity index (χ3n) is 4.27. The molecule has 0 aliphatic heterocycles. The number of hydrogen-bond acceptors (Lipinski definition) is 1. The Balaban J connectivity index is 1.68. The molecular weight excluding hydrogens is 452 g/mol. The standard InChI is InChI=1S/C21H20O.W/c1-3-10-18(11-4-1)12-9-17-22-21-16-8-7-15-20(21)19-13-5-2-6-14-19;/h1-6,10-11,13-14,20-21H,7-8,15-16H2;/t20-,21+;/m0./s1. The van der Waals surface area contributed by atoms with Crippen molar-refractivity contribution in [2.75, 3.05) is 0 Å². The third-order valence-corrected chi connectivity index (χ3v) is 4.98. The molecule has 1 aliphatic rings. The Morgan fingerprint density at radius 2 is 1.57 bits per heavy atom. The van der Waals surface area contributed by atoms with Gasteiger partial charge in [-0.05, 0) is 0 Å². The van der Waals surface area contributed by atoms with Gasteiger partial charge in [0.05, 0.1) is 0 Å². The Hall–Kier alpha value is -1.48. The Kier molecular flexibility index (Phi) is 5.98. The summed E-state index contributed by atoms with van der Waals surface area (Å²) in [5, 5.41) is 0. The molecule has 23 heavy (non-hydrogen) atoms. The van der Waals surface area contributed by atoms with E-state index in [0.29, 0.717) is 5.92 Å². The zero-order valence-corrected chi connectivity index (χ0v) is 16.0. The van der Waals surface area contributed by atoms with E-state index in [1.807, 2.05) is 30.3 Å². The SMILES string of the molecule is [W]=[C](C#Cc1ccccc1)O[C@@H]1CCCC[C@H]1c1ccccc1. The van der Waals surface area contributed by atoms with Crippen LogP contribution in [0.4, 0.5) is 0 Å². The summed E-state index contributed by atoms with van der Waals surface area (Å²) in [6, 6.07) is 20.9. The van der Waals surface area contributed by atoms with Crippen LogP contribution in [-0.2, 0) is 24.1 Å². The zero-order chi connectivity index (χ0) is 15.9. The van der Waals surface area contributed by atoms with Crippen molar-refractivity contribution in [1.29, 1.82) is 0 Å². The molecule has 0 amide bonds. The molecule has 1 fully saturated rings. The molecule has 2 aromatic rings. The van der Waals surface area contributed by atoms with Crippen molar-refractivity contribution in [2.24, 2.45) is 0 Å². The second kappa shape index (κ2) is 8.39. The van der Waals surface area contributed by atoms with Crippen molar-refractivity contribution in [1.82, 2.24) is 0 Å². The van der Waals surface area contributed by atoms with E-state index in [2.05, 4.69) is 42.2 Å². The number of ether oxygens (including phenoxy) is 1. The van der Waals surface area contributed by atoms with Crippen LogP contribution in [0.15, 0.2) is 60.7 Å². The first-order chi connectivity index (χ1) is 11.3. The molecule has 0 N–H and O–H groups in total. The normalized spacial score (nSPS) is 20.3. The van der Waals surface area contributed by atoms with Gasteiger partial charge in [0.15, 0.2) is 0 Å². The summed E-state index contributed by atoms with van der Waals surface area (Å²) in [6.45, 7) is 0. The predicted octanol–water partition coefficient (Wildman–Crippen LogP) is 4.46. The first-order valence-corrected chi connectivity index (χ1v) is 9.62. The van der Waals surface area contributed by atoms with E-state index >= 15 is 0 Å². The molecule has 116 valence electrons. The molecule has 2 atom stereocenters. The Bertz CT molecular complexity index is 697. The monoisotopic (exact) mass is 472 g/mol. The predicted molar refractivity (Wildman–Crippen MR) is 90.9 cm³/mol. The van der Waals surface area contributed by atoms with E-state index in [-0.39, 0.29) is 6.10 Å². The molecule has 0 heterocycles. The van der Waals surface area contributed by atoms with Gasteiger partial charge in [-0.15, -0.1) is 0 Å². The van der Waals surface area contributed by atoms with E-state index in [9.17, 15) is 0 Å². The van der Waals surface area contributed by atoms with Crippen molar-refractivity contribution in [2.45, 2.75) is 37.7 Å². The maximum absolute atomic E-state index is 6.26. The van der Waals surface area contributed by atoms with Gasteiger partial charge in [0, 0.05) is 0 Å². The van der Waals surface area contributed by atoms with Crippen molar-refractivity contribution in [3.8, 4) is 11.8 Å². The summed E-state index contributed by atoms with van der Waals surface area (Å²) >= 11 is 1.31. The van der Waals surface area contributed by atoms with Gasteiger partial charge in [-0.25, -0.2) is 0 Å². The van der Waals surface area contributed by atoms with Gasteiger partial charge in [-0.2, -0.15) is 0 Å². The molecule has 1 nitrogen and oxygen atoms in total. The average molecular weight is 472 g/mol. The summed E-state index contributed by atoms with van der Waals surface area (Å²) in [5.74, 6) is 6.90. The fraction of sp³-hybridized carbons (Fsp3) is 0.286. The third kappa shape index (κ3) is 4.74. The molecule has 0 aromatic heterocycles. The van der Waals surface area contributed by atoms with E-state index in [1.165, 1.54) is 44.2 Å². The molecule has 0 unspecified atom stereocenters. The van der Waals surface area contributed by atoms with Crippen LogP contribution in [-0.4, -0.2) is 10.2 Å². The van der Waals surface area contributed by atoms with E-state index in [0.717, 1.165) is 16.1 Å². The number of rotatable bonds is 3. The maximum atomic E-state index is 6.26. The van der Waals surface area contributed by atoms with Crippen LogP contribution >= 0.6 is 0 Å². The van der Waals surface area contributed by atoms with Crippen LogP contribution in [0.25, 0.3) is 0 Å². The molecule has 2 heteroatoms. The van der Waals surface area contributed by atoms with Crippen molar-refractivity contribution in [3.05, 3.63) is 71.8 Å². The molecule has 3 rings (SSSR count). The molecule has 1 saturated carbocycles. The van der Waals surface area contributed by atoms with E-state index < -0.39 is 0 Å². The Morgan fingerprint density at radius 3 is 2.30 bits per heavy atom. The first-order valence-electron chi connectivity index (χ1n) is 8.15. The summed E-state index contributed by atoms with van der Waals surface area (Å²) in [5.41, 5.74) is 2.44. The van der Waals surface area contributed by atoms with Crippen molar-refractivity contribution < 1.29 is 24.1 Å². The molecule has 1 aliphatic carbocycles. The van der Waals surface area contributed by atoms with E-state index in [4.69, 9.17) is 4.74 Å².